The number of carbonyl (C=O) groups is 2. The topological polar surface area (TPSA) is 135 Å². The monoisotopic (exact) mass is 698 g/mol. The van der Waals surface area contributed by atoms with Gasteiger partial charge in [0.1, 0.15) is 0 Å². The lowest BCUT2D eigenvalue weighted by atomic mass is 9.98. The molecule has 13 heteroatoms. The van der Waals surface area contributed by atoms with Crippen LogP contribution in [-0.4, -0.2) is 63.7 Å². The Kier molecular flexibility index (Phi) is 9.77. The highest BCUT2D eigenvalue weighted by Gasteiger charge is 2.22. The van der Waals surface area contributed by atoms with Gasteiger partial charge >= 0.3 is 0 Å². The summed E-state index contributed by atoms with van der Waals surface area (Å²) in [5.41, 5.74) is 6.92. The number of imidazole rings is 1. The van der Waals surface area contributed by atoms with E-state index in [-0.39, 0.29) is 23.9 Å². The van der Waals surface area contributed by atoms with Gasteiger partial charge in [-0.05, 0) is 31.0 Å². The number of nitrogens with zero attached hydrogens (tertiary/aromatic N) is 4. The van der Waals surface area contributed by atoms with Crippen LogP contribution in [0.15, 0.2) is 66.9 Å². The van der Waals surface area contributed by atoms with Gasteiger partial charge in [0.25, 0.3) is 0 Å². The van der Waals surface area contributed by atoms with Gasteiger partial charge in [0.05, 0.1) is 40.4 Å². The zero-order valence-corrected chi connectivity index (χ0v) is 28.4. The molecule has 49 heavy (non-hydrogen) atoms. The highest BCUT2D eigenvalue weighted by molar-refractivity contribution is 6.39. The Hall–Kier alpha value is -4.55. The van der Waals surface area contributed by atoms with E-state index in [4.69, 9.17) is 38.0 Å². The quantitative estimate of drug-likeness (QED) is 0.140. The summed E-state index contributed by atoms with van der Waals surface area (Å²) in [6, 6.07) is 19.7. The maximum absolute atomic E-state index is 11.5. The standard InChI is InChI=1S/C36H36Cl2N8O3/c1-49-36-21(16-39-17-22-9-14-32(47)42-22)8-11-29(44-36)27-6-2-4-25(34(27)37)26-5-3-7-28(35(26)38)30-12-13-31-41-24(20-46(31)45-30)19-40-18-23-10-15-33(48)43-23/h2-8,11-13,20,22-23,39-40H,9-10,14-19H2,1H3,(H,42,47)(H,43,48)/t22-,23-/m1/s1. The van der Waals surface area contributed by atoms with Crippen LogP contribution in [0.25, 0.3) is 39.3 Å². The van der Waals surface area contributed by atoms with Crippen molar-refractivity contribution in [2.75, 3.05) is 20.2 Å². The number of amides is 2. The van der Waals surface area contributed by atoms with Crippen molar-refractivity contribution in [2.24, 2.45) is 0 Å². The van der Waals surface area contributed by atoms with Gasteiger partial charge in [-0.25, -0.2) is 14.5 Å². The van der Waals surface area contributed by atoms with Crippen LogP contribution < -0.4 is 26.0 Å². The highest BCUT2D eigenvalue weighted by Crippen LogP contribution is 2.42. The van der Waals surface area contributed by atoms with Crippen LogP contribution in [0.4, 0.5) is 0 Å². The van der Waals surface area contributed by atoms with E-state index in [2.05, 4.69) is 26.3 Å². The van der Waals surface area contributed by atoms with E-state index in [1.54, 1.807) is 11.6 Å². The number of hydrogen-bond donors (Lipinski definition) is 4. The van der Waals surface area contributed by atoms with E-state index in [9.17, 15) is 9.59 Å². The number of benzene rings is 2. The predicted molar refractivity (Wildman–Crippen MR) is 189 cm³/mol. The van der Waals surface area contributed by atoms with Crippen molar-refractivity contribution < 1.29 is 14.3 Å². The second kappa shape index (κ2) is 14.5. The molecular weight excluding hydrogens is 663 g/mol. The molecule has 7 rings (SSSR count). The van der Waals surface area contributed by atoms with Crippen molar-refractivity contribution in [3.05, 3.63) is 88.2 Å². The first-order chi connectivity index (χ1) is 23.9. The summed E-state index contributed by atoms with van der Waals surface area (Å²) >= 11 is 14.2. The molecule has 2 aromatic carbocycles. The predicted octanol–water partition coefficient (Wildman–Crippen LogP) is 5.18. The highest BCUT2D eigenvalue weighted by atomic mass is 35.5. The lowest BCUT2D eigenvalue weighted by molar-refractivity contribution is -0.120. The van der Waals surface area contributed by atoms with Crippen molar-refractivity contribution in [1.29, 1.82) is 0 Å². The Bertz CT molecular complexity index is 2030. The largest absolute Gasteiger partial charge is 0.481 e. The Labute approximate surface area is 293 Å². The molecule has 2 amide bonds. The minimum atomic E-state index is 0.0994. The van der Waals surface area contributed by atoms with Crippen molar-refractivity contribution >= 4 is 40.7 Å². The maximum Gasteiger partial charge on any atom is 0.220 e. The van der Waals surface area contributed by atoms with Crippen LogP contribution in [0.2, 0.25) is 10.0 Å². The van der Waals surface area contributed by atoms with Crippen LogP contribution in [0.1, 0.15) is 36.9 Å². The first-order valence-electron chi connectivity index (χ1n) is 16.3. The average molecular weight is 700 g/mol. The number of nitrogens with one attached hydrogen (secondary N) is 4. The second-order valence-corrected chi connectivity index (χ2v) is 13.1. The van der Waals surface area contributed by atoms with E-state index in [0.29, 0.717) is 66.3 Å². The summed E-state index contributed by atoms with van der Waals surface area (Å²) in [5, 5.41) is 18.6. The van der Waals surface area contributed by atoms with Gasteiger partial charge in [0.2, 0.25) is 17.7 Å². The third-order valence-corrected chi connectivity index (χ3v) is 9.73. The summed E-state index contributed by atoms with van der Waals surface area (Å²) < 4.78 is 7.40. The smallest absolute Gasteiger partial charge is 0.220 e. The summed E-state index contributed by atoms with van der Waals surface area (Å²) in [6.07, 6.45) is 4.73. The Balaban J connectivity index is 1.09. The van der Waals surface area contributed by atoms with E-state index in [1.807, 2.05) is 66.9 Å². The van der Waals surface area contributed by atoms with Gasteiger partial charge in [-0.3, -0.25) is 9.59 Å². The third-order valence-electron chi connectivity index (χ3n) is 8.91. The number of fused-ring (bicyclic) bond motifs is 1. The molecule has 0 unspecified atom stereocenters. The van der Waals surface area contributed by atoms with E-state index in [1.165, 1.54) is 0 Å². The molecule has 0 saturated carbocycles. The van der Waals surface area contributed by atoms with Gasteiger partial charge in [0.15, 0.2) is 5.65 Å². The zero-order chi connectivity index (χ0) is 33.9. The Morgan fingerprint density at radius 2 is 1.37 bits per heavy atom. The molecular formula is C36H36Cl2N8O3. The molecule has 5 aromatic rings. The van der Waals surface area contributed by atoms with Crippen LogP contribution in [-0.2, 0) is 22.7 Å². The first kappa shape index (κ1) is 33.0. The molecule has 0 aliphatic carbocycles. The number of methoxy groups -OCH3 is 1. The fourth-order valence-electron chi connectivity index (χ4n) is 6.38. The van der Waals surface area contributed by atoms with Gasteiger partial charge in [-0.15, -0.1) is 0 Å². The van der Waals surface area contributed by atoms with Crippen molar-refractivity contribution in [3.8, 4) is 39.5 Å². The van der Waals surface area contributed by atoms with Crippen LogP contribution in [0.5, 0.6) is 5.88 Å². The Morgan fingerprint density at radius 1 is 0.776 bits per heavy atom. The molecule has 5 heterocycles. The van der Waals surface area contributed by atoms with Crippen LogP contribution in [0, 0.1) is 0 Å². The summed E-state index contributed by atoms with van der Waals surface area (Å²) in [7, 11) is 1.60. The minimum absolute atomic E-state index is 0.0994. The molecule has 2 atom stereocenters. The number of halogens is 2. The Morgan fingerprint density at radius 3 is 1.98 bits per heavy atom. The zero-order valence-electron chi connectivity index (χ0n) is 26.9. The van der Waals surface area contributed by atoms with Crippen LogP contribution in [0.3, 0.4) is 0 Å². The van der Waals surface area contributed by atoms with E-state index < -0.39 is 0 Å². The first-order valence-corrected chi connectivity index (χ1v) is 17.1. The number of hydrogen-bond acceptors (Lipinski definition) is 8. The van der Waals surface area contributed by atoms with Crippen molar-refractivity contribution in [2.45, 2.75) is 50.9 Å². The summed E-state index contributed by atoms with van der Waals surface area (Å²) in [4.78, 5) is 32.4. The van der Waals surface area contributed by atoms with Gasteiger partial charge in [0, 0.05) is 78.9 Å². The number of aromatic nitrogens is 4. The minimum Gasteiger partial charge on any atom is -0.481 e. The molecule has 2 aliphatic rings. The maximum atomic E-state index is 11.5. The number of ether oxygens (including phenoxy) is 1. The fraction of sp³-hybridized carbons (Fsp3) is 0.306. The molecule has 0 spiro atoms. The number of rotatable bonds is 12. The summed E-state index contributed by atoms with van der Waals surface area (Å²) in [6.45, 7) is 2.49. The molecule has 11 nitrogen and oxygen atoms in total. The average Bonchev–Trinajstić information content (AvgIpc) is 3.84. The van der Waals surface area contributed by atoms with Crippen LogP contribution >= 0.6 is 23.2 Å². The molecule has 3 aromatic heterocycles. The van der Waals surface area contributed by atoms with Gasteiger partial charge in [-0.2, -0.15) is 5.10 Å². The normalized spacial score (nSPS) is 17.4. The lowest BCUT2D eigenvalue weighted by Gasteiger charge is -2.15. The van der Waals surface area contributed by atoms with E-state index >= 15 is 0 Å². The molecule has 0 bridgehead atoms. The third kappa shape index (κ3) is 7.25. The molecule has 2 fully saturated rings. The summed E-state index contributed by atoms with van der Waals surface area (Å²) in [5.74, 6) is 0.710. The lowest BCUT2D eigenvalue weighted by Crippen LogP contribution is -2.35. The van der Waals surface area contributed by atoms with Gasteiger partial charge < -0.3 is 26.0 Å². The van der Waals surface area contributed by atoms with Crippen molar-refractivity contribution in [1.82, 2.24) is 40.8 Å². The molecule has 0 radical (unpaired) electrons. The number of pyridine rings is 1. The molecule has 2 aliphatic heterocycles. The van der Waals surface area contributed by atoms with E-state index in [0.717, 1.165) is 52.0 Å². The second-order valence-electron chi connectivity index (χ2n) is 12.3. The SMILES string of the molecule is COc1nc(-c2cccc(-c3cccc(-c4ccc5nc(CNC[C@H]6CCC(=O)N6)cn5n4)c3Cl)c2Cl)ccc1CNC[C@H]1CCC(=O)N1. The molecule has 4 N–H and O–H groups in total. The van der Waals surface area contributed by atoms with Gasteiger partial charge in [-0.1, -0.05) is 65.7 Å². The molecule has 2 saturated heterocycles. The number of carbonyl (C=O) groups excluding carboxylic acids is 2. The van der Waals surface area contributed by atoms with Crippen molar-refractivity contribution in [3.63, 3.8) is 0 Å². The fourth-order valence-corrected chi connectivity index (χ4v) is 7.03. The molecule has 252 valence electrons.